The Morgan fingerprint density at radius 3 is 2.69 bits per heavy atom. The van der Waals surface area contributed by atoms with Crippen molar-refractivity contribution < 1.29 is 9.32 Å². The van der Waals surface area contributed by atoms with Gasteiger partial charge in [-0.15, -0.1) is 12.6 Å². The molecule has 5 heteroatoms. The SMILES string of the molecule is O=C(NCc1ccon1)c1ccc(S)cc1. The highest BCUT2D eigenvalue weighted by Crippen LogP contribution is 2.07. The number of carbonyl (C=O) groups excluding carboxylic acids is 1. The number of hydrogen-bond acceptors (Lipinski definition) is 4. The van der Waals surface area contributed by atoms with Gasteiger partial charge in [0, 0.05) is 16.5 Å². The van der Waals surface area contributed by atoms with E-state index >= 15 is 0 Å². The van der Waals surface area contributed by atoms with Crippen molar-refractivity contribution in [1.82, 2.24) is 10.5 Å². The normalized spacial score (nSPS) is 10.1. The number of nitrogens with zero attached hydrogens (tertiary/aromatic N) is 1. The minimum absolute atomic E-state index is 0.142. The van der Waals surface area contributed by atoms with Crippen molar-refractivity contribution in [2.75, 3.05) is 0 Å². The van der Waals surface area contributed by atoms with Gasteiger partial charge in [-0.2, -0.15) is 0 Å². The van der Waals surface area contributed by atoms with Crippen LogP contribution in [0.15, 0.2) is 46.0 Å². The van der Waals surface area contributed by atoms with Gasteiger partial charge in [0.1, 0.15) is 12.0 Å². The first kappa shape index (κ1) is 10.8. The van der Waals surface area contributed by atoms with Crippen LogP contribution in [-0.2, 0) is 6.54 Å². The second-order valence-corrected chi connectivity index (χ2v) is 3.74. The van der Waals surface area contributed by atoms with Crippen LogP contribution in [0.4, 0.5) is 0 Å². The maximum absolute atomic E-state index is 11.7. The van der Waals surface area contributed by atoms with Crippen LogP contribution in [0.5, 0.6) is 0 Å². The van der Waals surface area contributed by atoms with Crippen molar-refractivity contribution in [2.24, 2.45) is 0 Å². The third-order valence-corrected chi connectivity index (χ3v) is 2.35. The van der Waals surface area contributed by atoms with E-state index in [0.717, 1.165) is 4.90 Å². The predicted molar refractivity (Wildman–Crippen MR) is 61.4 cm³/mol. The molecule has 0 atom stereocenters. The van der Waals surface area contributed by atoms with Gasteiger partial charge < -0.3 is 9.84 Å². The molecule has 0 saturated heterocycles. The van der Waals surface area contributed by atoms with E-state index in [1.165, 1.54) is 6.26 Å². The summed E-state index contributed by atoms with van der Waals surface area (Å²) in [5.41, 5.74) is 1.29. The summed E-state index contributed by atoms with van der Waals surface area (Å²) in [6.07, 6.45) is 1.47. The average molecular weight is 234 g/mol. The van der Waals surface area contributed by atoms with Crippen molar-refractivity contribution in [2.45, 2.75) is 11.4 Å². The highest BCUT2D eigenvalue weighted by Gasteiger charge is 2.05. The second kappa shape index (κ2) is 4.85. The molecule has 0 fully saturated rings. The van der Waals surface area contributed by atoms with Gasteiger partial charge in [0.15, 0.2) is 0 Å². The van der Waals surface area contributed by atoms with E-state index in [-0.39, 0.29) is 5.91 Å². The Morgan fingerprint density at radius 1 is 1.31 bits per heavy atom. The smallest absolute Gasteiger partial charge is 0.251 e. The zero-order valence-electron chi connectivity index (χ0n) is 8.38. The quantitative estimate of drug-likeness (QED) is 0.797. The molecular formula is C11H10N2O2S. The monoisotopic (exact) mass is 234 g/mol. The zero-order valence-corrected chi connectivity index (χ0v) is 9.28. The number of thiol groups is 1. The van der Waals surface area contributed by atoms with E-state index in [1.807, 2.05) is 0 Å². The molecule has 82 valence electrons. The molecule has 16 heavy (non-hydrogen) atoms. The molecule has 0 saturated carbocycles. The van der Waals surface area contributed by atoms with Crippen molar-refractivity contribution in [3.63, 3.8) is 0 Å². The molecule has 0 aliphatic carbocycles. The van der Waals surface area contributed by atoms with Crippen LogP contribution >= 0.6 is 12.6 Å². The van der Waals surface area contributed by atoms with Crippen LogP contribution < -0.4 is 5.32 Å². The lowest BCUT2D eigenvalue weighted by molar-refractivity contribution is 0.0950. The lowest BCUT2D eigenvalue weighted by Gasteiger charge is -2.02. The summed E-state index contributed by atoms with van der Waals surface area (Å²) in [6, 6.07) is 8.69. The molecule has 2 rings (SSSR count). The zero-order chi connectivity index (χ0) is 11.4. The van der Waals surface area contributed by atoms with Gasteiger partial charge in [0.25, 0.3) is 5.91 Å². The van der Waals surface area contributed by atoms with Gasteiger partial charge >= 0.3 is 0 Å². The first-order valence-electron chi connectivity index (χ1n) is 4.72. The topological polar surface area (TPSA) is 55.1 Å². The summed E-state index contributed by atoms with van der Waals surface area (Å²) < 4.78 is 4.66. The second-order valence-electron chi connectivity index (χ2n) is 3.22. The van der Waals surface area contributed by atoms with Crippen molar-refractivity contribution in [3.8, 4) is 0 Å². The number of aromatic nitrogens is 1. The molecule has 1 aromatic heterocycles. The number of nitrogens with one attached hydrogen (secondary N) is 1. The van der Waals surface area contributed by atoms with Gasteiger partial charge in [-0.05, 0) is 24.3 Å². The Morgan fingerprint density at radius 2 is 2.06 bits per heavy atom. The van der Waals surface area contributed by atoms with Gasteiger partial charge in [-0.3, -0.25) is 4.79 Å². The minimum atomic E-state index is -0.142. The standard InChI is InChI=1S/C11H10N2O2S/c14-11(8-1-3-10(16)4-2-8)12-7-9-5-6-15-13-9/h1-6,16H,7H2,(H,12,14). The van der Waals surface area contributed by atoms with Crippen LogP contribution in [0.2, 0.25) is 0 Å². The first-order valence-corrected chi connectivity index (χ1v) is 5.17. The predicted octanol–water partition coefficient (Wildman–Crippen LogP) is 1.89. The number of hydrogen-bond donors (Lipinski definition) is 2. The molecule has 1 aromatic carbocycles. The van der Waals surface area contributed by atoms with Crippen LogP contribution in [0, 0.1) is 0 Å². The summed E-state index contributed by atoms with van der Waals surface area (Å²) in [6.45, 7) is 0.359. The fourth-order valence-corrected chi connectivity index (χ4v) is 1.36. The molecule has 0 aliphatic rings. The number of amides is 1. The summed E-state index contributed by atoms with van der Waals surface area (Å²) in [5, 5.41) is 6.43. The summed E-state index contributed by atoms with van der Waals surface area (Å²) >= 11 is 4.15. The Hall–Kier alpha value is -1.75. The first-order chi connectivity index (χ1) is 7.75. The Balaban J connectivity index is 1.95. The van der Waals surface area contributed by atoms with E-state index in [4.69, 9.17) is 0 Å². The lowest BCUT2D eigenvalue weighted by Crippen LogP contribution is -2.22. The van der Waals surface area contributed by atoms with Crippen LogP contribution in [0.25, 0.3) is 0 Å². The van der Waals surface area contributed by atoms with Gasteiger partial charge in [-0.25, -0.2) is 0 Å². The highest BCUT2D eigenvalue weighted by atomic mass is 32.1. The third-order valence-electron chi connectivity index (χ3n) is 2.05. The largest absolute Gasteiger partial charge is 0.364 e. The van der Waals surface area contributed by atoms with Crippen LogP contribution in [-0.4, -0.2) is 11.1 Å². The Labute approximate surface area is 98.1 Å². The van der Waals surface area contributed by atoms with Crippen LogP contribution in [0.1, 0.15) is 16.1 Å². The number of benzene rings is 1. The molecule has 0 aliphatic heterocycles. The summed E-state index contributed by atoms with van der Waals surface area (Å²) in [4.78, 5) is 12.5. The highest BCUT2D eigenvalue weighted by molar-refractivity contribution is 7.80. The number of rotatable bonds is 3. The van der Waals surface area contributed by atoms with Gasteiger partial charge in [-0.1, -0.05) is 5.16 Å². The fourth-order valence-electron chi connectivity index (χ4n) is 1.21. The van der Waals surface area contributed by atoms with E-state index in [2.05, 4.69) is 27.6 Å². The third kappa shape index (κ3) is 2.64. The molecular weight excluding hydrogens is 224 g/mol. The molecule has 0 bridgehead atoms. The fraction of sp³-hybridized carbons (Fsp3) is 0.0909. The Kier molecular flexibility index (Phi) is 3.26. The van der Waals surface area contributed by atoms with Gasteiger partial charge in [0.2, 0.25) is 0 Å². The van der Waals surface area contributed by atoms with Crippen molar-refractivity contribution >= 4 is 18.5 Å². The summed E-state index contributed by atoms with van der Waals surface area (Å²) in [5.74, 6) is -0.142. The van der Waals surface area contributed by atoms with Gasteiger partial charge in [0.05, 0.1) is 6.54 Å². The molecule has 1 amide bonds. The van der Waals surface area contributed by atoms with E-state index in [0.29, 0.717) is 17.8 Å². The molecule has 0 spiro atoms. The number of carbonyl (C=O) groups is 1. The Bertz CT molecular complexity index is 465. The van der Waals surface area contributed by atoms with E-state index < -0.39 is 0 Å². The molecule has 1 N–H and O–H groups in total. The maximum atomic E-state index is 11.7. The van der Waals surface area contributed by atoms with E-state index in [9.17, 15) is 4.79 Å². The minimum Gasteiger partial charge on any atom is -0.364 e. The molecule has 1 heterocycles. The maximum Gasteiger partial charge on any atom is 0.251 e. The van der Waals surface area contributed by atoms with Crippen molar-refractivity contribution in [3.05, 3.63) is 47.9 Å². The average Bonchev–Trinajstić information content (AvgIpc) is 2.80. The van der Waals surface area contributed by atoms with E-state index in [1.54, 1.807) is 30.3 Å². The lowest BCUT2D eigenvalue weighted by atomic mass is 10.2. The summed E-state index contributed by atoms with van der Waals surface area (Å²) in [7, 11) is 0. The molecule has 2 aromatic rings. The molecule has 0 unspecified atom stereocenters. The van der Waals surface area contributed by atoms with Crippen LogP contribution in [0.3, 0.4) is 0 Å². The molecule has 4 nitrogen and oxygen atoms in total. The molecule has 0 radical (unpaired) electrons. The van der Waals surface area contributed by atoms with Crippen molar-refractivity contribution in [1.29, 1.82) is 0 Å².